The third-order valence-electron chi connectivity index (χ3n) is 3.48. The first-order chi connectivity index (χ1) is 11.3. The Hall–Kier alpha value is -1.18. The van der Waals surface area contributed by atoms with Crippen LogP contribution in [-0.2, 0) is 23.8 Å². The van der Waals surface area contributed by atoms with E-state index < -0.39 is 11.6 Å². The molecule has 0 aliphatic carbocycles. The largest absolute Gasteiger partial charge is 0.480 e. The van der Waals surface area contributed by atoms with Gasteiger partial charge in [0, 0.05) is 19.6 Å². The van der Waals surface area contributed by atoms with Crippen molar-refractivity contribution in [1.82, 2.24) is 4.90 Å². The molecule has 1 saturated heterocycles. The zero-order valence-corrected chi connectivity index (χ0v) is 15.1. The van der Waals surface area contributed by atoms with E-state index >= 15 is 0 Å². The number of carboxylic acid groups (broad SMARTS) is 1. The molecule has 0 saturated carbocycles. The summed E-state index contributed by atoms with van der Waals surface area (Å²) >= 11 is 0. The Bertz CT molecular complexity index is 387. The number of esters is 1. The van der Waals surface area contributed by atoms with Crippen LogP contribution in [-0.4, -0.2) is 66.7 Å². The minimum absolute atomic E-state index is 0.0663. The fourth-order valence-corrected chi connectivity index (χ4v) is 2.46. The van der Waals surface area contributed by atoms with Gasteiger partial charge >= 0.3 is 11.9 Å². The van der Waals surface area contributed by atoms with E-state index in [1.165, 1.54) is 0 Å². The summed E-state index contributed by atoms with van der Waals surface area (Å²) in [5, 5.41) is 8.99. The number of hydrogen-bond acceptors (Lipinski definition) is 6. The van der Waals surface area contributed by atoms with E-state index in [0.717, 1.165) is 25.9 Å². The number of ether oxygens (including phenoxy) is 3. The number of carbonyl (C=O) groups excluding carboxylic acids is 1. The first kappa shape index (κ1) is 20.9. The van der Waals surface area contributed by atoms with Gasteiger partial charge in [0.1, 0.15) is 5.60 Å². The standard InChI is InChI=1S/C17H31NO6/c1-17(2,3)24-15(21)7-6-9-18(13-14(19)20)10-12-23-16-8-4-5-11-22-16/h16H,4-13H2,1-3H3,(H,19,20). The van der Waals surface area contributed by atoms with Crippen molar-refractivity contribution in [2.75, 3.05) is 32.8 Å². The number of aliphatic carboxylic acids is 1. The van der Waals surface area contributed by atoms with Gasteiger partial charge in [0.25, 0.3) is 0 Å². The van der Waals surface area contributed by atoms with Gasteiger partial charge in [0.2, 0.25) is 0 Å². The molecule has 0 bridgehead atoms. The van der Waals surface area contributed by atoms with Crippen molar-refractivity contribution in [3.63, 3.8) is 0 Å². The average molecular weight is 345 g/mol. The van der Waals surface area contributed by atoms with Gasteiger partial charge < -0.3 is 19.3 Å². The van der Waals surface area contributed by atoms with Crippen LogP contribution in [0.25, 0.3) is 0 Å². The van der Waals surface area contributed by atoms with Crippen LogP contribution in [0.5, 0.6) is 0 Å². The van der Waals surface area contributed by atoms with E-state index in [4.69, 9.17) is 19.3 Å². The van der Waals surface area contributed by atoms with E-state index in [9.17, 15) is 9.59 Å². The summed E-state index contributed by atoms with van der Waals surface area (Å²) in [4.78, 5) is 24.4. The SMILES string of the molecule is CC(C)(C)OC(=O)CCCN(CCOC1CCCCO1)CC(=O)O. The summed E-state index contributed by atoms with van der Waals surface area (Å²) in [6.45, 7) is 7.57. The second-order valence-corrected chi connectivity index (χ2v) is 7.03. The summed E-state index contributed by atoms with van der Waals surface area (Å²) in [6.07, 6.45) is 3.71. The Kier molecular flexibility index (Phi) is 9.25. The molecule has 1 unspecified atom stereocenters. The zero-order chi connectivity index (χ0) is 18.0. The number of nitrogens with zero attached hydrogens (tertiary/aromatic N) is 1. The molecule has 1 aliphatic rings. The molecular formula is C17H31NO6. The van der Waals surface area contributed by atoms with Crippen LogP contribution in [0, 0.1) is 0 Å². The second kappa shape index (κ2) is 10.6. The van der Waals surface area contributed by atoms with Gasteiger partial charge in [0.15, 0.2) is 6.29 Å². The van der Waals surface area contributed by atoms with Gasteiger partial charge in [0.05, 0.1) is 13.2 Å². The first-order valence-corrected chi connectivity index (χ1v) is 8.65. The summed E-state index contributed by atoms with van der Waals surface area (Å²) in [6, 6.07) is 0. The fourth-order valence-electron chi connectivity index (χ4n) is 2.46. The van der Waals surface area contributed by atoms with Gasteiger partial charge in [-0.3, -0.25) is 14.5 Å². The Labute approximate surface area is 144 Å². The molecule has 0 aromatic rings. The lowest BCUT2D eigenvalue weighted by Crippen LogP contribution is -2.35. The highest BCUT2D eigenvalue weighted by Gasteiger charge is 2.18. The van der Waals surface area contributed by atoms with E-state index in [0.29, 0.717) is 26.1 Å². The molecule has 1 atom stereocenters. The molecule has 1 aliphatic heterocycles. The molecule has 24 heavy (non-hydrogen) atoms. The van der Waals surface area contributed by atoms with Crippen LogP contribution in [0.4, 0.5) is 0 Å². The fraction of sp³-hybridized carbons (Fsp3) is 0.882. The molecule has 0 aromatic heterocycles. The van der Waals surface area contributed by atoms with Gasteiger partial charge in [-0.2, -0.15) is 0 Å². The van der Waals surface area contributed by atoms with Crippen LogP contribution in [0.15, 0.2) is 0 Å². The summed E-state index contributed by atoms with van der Waals surface area (Å²) in [7, 11) is 0. The van der Waals surface area contributed by atoms with Crippen molar-refractivity contribution in [3.8, 4) is 0 Å². The first-order valence-electron chi connectivity index (χ1n) is 8.65. The number of rotatable bonds is 10. The molecule has 1 heterocycles. The molecule has 7 heteroatoms. The molecule has 0 radical (unpaired) electrons. The summed E-state index contributed by atoms with van der Waals surface area (Å²) in [5.74, 6) is -1.15. The quantitative estimate of drug-likeness (QED) is 0.606. The van der Waals surface area contributed by atoms with E-state index in [1.54, 1.807) is 4.90 Å². The average Bonchev–Trinajstić information content (AvgIpc) is 2.45. The maximum Gasteiger partial charge on any atom is 0.317 e. The number of carboxylic acids is 1. The van der Waals surface area contributed by atoms with Crippen molar-refractivity contribution >= 4 is 11.9 Å². The number of hydrogen-bond donors (Lipinski definition) is 1. The lowest BCUT2D eigenvalue weighted by molar-refractivity contribution is -0.164. The third-order valence-corrected chi connectivity index (χ3v) is 3.48. The van der Waals surface area contributed by atoms with Crippen molar-refractivity contribution in [3.05, 3.63) is 0 Å². The zero-order valence-electron chi connectivity index (χ0n) is 15.1. The molecule has 0 spiro atoms. The van der Waals surface area contributed by atoms with Crippen LogP contribution >= 0.6 is 0 Å². The normalized spacial score (nSPS) is 18.6. The monoisotopic (exact) mass is 345 g/mol. The van der Waals surface area contributed by atoms with E-state index in [2.05, 4.69) is 0 Å². The Balaban J connectivity index is 2.25. The Morgan fingerprint density at radius 1 is 1.25 bits per heavy atom. The lowest BCUT2D eigenvalue weighted by atomic mass is 10.2. The number of carbonyl (C=O) groups is 2. The van der Waals surface area contributed by atoms with Crippen LogP contribution < -0.4 is 0 Å². The lowest BCUT2D eigenvalue weighted by Gasteiger charge is -2.25. The maximum atomic E-state index is 11.7. The highest BCUT2D eigenvalue weighted by Crippen LogP contribution is 2.13. The molecule has 7 nitrogen and oxygen atoms in total. The highest BCUT2D eigenvalue weighted by molar-refractivity contribution is 5.70. The second-order valence-electron chi connectivity index (χ2n) is 7.03. The van der Waals surface area contributed by atoms with Crippen molar-refractivity contribution in [1.29, 1.82) is 0 Å². The third kappa shape index (κ3) is 10.6. The predicted molar refractivity (Wildman–Crippen MR) is 88.7 cm³/mol. The van der Waals surface area contributed by atoms with Gasteiger partial charge in [-0.15, -0.1) is 0 Å². The molecule has 0 aromatic carbocycles. The topological polar surface area (TPSA) is 85.3 Å². The summed E-state index contributed by atoms with van der Waals surface area (Å²) in [5.41, 5.74) is -0.494. The van der Waals surface area contributed by atoms with Crippen molar-refractivity contribution < 1.29 is 28.9 Å². The van der Waals surface area contributed by atoms with Crippen LogP contribution in [0.1, 0.15) is 52.9 Å². The van der Waals surface area contributed by atoms with E-state index in [-0.39, 0.29) is 25.2 Å². The Morgan fingerprint density at radius 2 is 2.00 bits per heavy atom. The van der Waals surface area contributed by atoms with Gasteiger partial charge in [-0.25, -0.2) is 0 Å². The summed E-state index contributed by atoms with van der Waals surface area (Å²) < 4.78 is 16.4. The smallest absolute Gasteiger partial charge is 0.317 e. The minimum atomic E-state index is -0.888. The molecule has 1 N–H and O–H groups in total. The molecule has 1 fully saturated rings. The highest BCUT2D eigenvalue weighted by atomic mass is 16.7. The predicted octanol–water partition coefficient (Wildman–Crippen LogP) is 2.04. The Morgan fingerprint density at radius 3 is 2.58 bits per heavy atom. The van der Waals surface area contributed by atoms with Crippen LogP contribution in [0.3, 0.4) is 0 Å². The van der Waals surface area contributed by atoms with E-state index in [1.807, 2.05) is 20.8 Å². The molecule has 140 valence electrons. The van der Waals surface area contributed by atoms with Crippen molar-refractivity contribution in [2.24, 2.45) is 0 Å². The van der Waals surface area contributed by atoms with Gasteiger partial charge in [-0.1, -0.05) is 0 Å². The minimum Gasteiger partial charge on any atom is -0.480 e. The maximum absolute atomic E-state index is 11.7. The molecule has 1 rings (SSSR count). The molecule has 0 amide bonds. The van der Waals surface area contributed by atoms with Gasteiger partial charge in [-0.05, 0) is 53.0 Å². The molecular weight excluding hydrogens is 314 g/mol. The van der Waals surface area contributed by atoms with Crippen molar-refractivity contribution in [2.45, 2.75) is 64.8 Å². The van der Waals surface area contributed by atoms with Crippen LogP contribution in [0.2, 0.25) is 0 Å².